The van der Waals surface area contributed by atoms with Gasteiger partial charge in [-0.2, -0.15) is 5.26 Å². The van der Waals surface area contributed by atoms with Gasteiger partial charge in [-0.3, -0.25) is 24.7 Å². The van der Waals surface area contributed by atoms with Crippen molar-refractivity contribution in [3.05, 3.63) is 163 Å². The number of carboxylic acid groups (broad SMARTS) is 1. The minimum Gasteiger partial charge on any atom is -0.488 e. The largest absolute Gasteiger partial charge is 0.488 e. The molecule has 364 valence electrons. The highest BCUT2D eigenvalue weighted by molar-refractivity contribution is 6.32. The third-order valence-electron chi connectivity index (χ3n) is 12.2. The van der Waals surface area contributed by atoms with Crippen LogP contribution in [-0.2, 0) is 49.0 Å². The summed E-state index contributed by atoms with van der Waals surface area (Å²) in [6.07, 6.45) is 9.85. The second-order valence-electron chi connectivity index (χ2n) is 17.0. The Kier molecular flexibility index (Phi) is 18.2. The quantitative estimate of drug-likeness (QED) is 0.0514. The maximum Gasteiger partial charge on any atom is 0.321 e. The molecule has 4 N–H and O–H groups in total. The van der Waals surface area contributed by atoms with E-state index in [0.717, 1.165) is 62.9 Å². The first kappa shape index (κ1) is 51.3. The number of carboxylic acids is 1. The Morgan fingerprint density at radius 1 is 0.843 bits per heavy atom. The zero-order valence-corrected chi connectivity index (χ0v) is 40.9. The molecule has 14 nitrogen and oxygen atoms in total. The van der Waals surface area contributed by atoms with E-state index in [1.165, 1.54) is 6.20 Å². The number of halogens is 2. The van der Waals surface area contributed by atoms with Gasteiger partial charge in [0, 0.05) is 111 Å². The van der Waals surface area contributed by atoms with Crippen LogP contribution in [0.25, 0.3) is 11.1 Å². The minimum atomic E-state index is -1.05. The van der Waals surface area contributed by atoms with Crippen molar-refractivity contribution in [2.24, 2.45) is 10.7 Å². The maximum atomic E-state index is 12.5. The van der Waals surface area contributed by atoms with E-state index in [1.54, 1.807) is 67.1 Å². The number of carbonyl (C=O) groups is 1. The highest BCUT2D eigenvalue weighted by Crippen LogP contribution is 2.38. The molecule has 16 heteroatoms. The van der Waals surface area contributed by atoms with Crippen LogP contribution in [0.5, 0.6) is 23.0 Å². The van der Waals surface area contributed by atoms with E-state index in [0.29, 0.717) is 62.9 Å². The van der Waals surface area contributed by atoms with Crippen LogP contribution in [-0.4, -0.2) is 76.2 Å². The summed E-state index contributed by atoms with van der Waals surface area (Å²) in [7, 11) is 1.71. The average molecular weight is 988 g/mol. The van der Waals surface area contributed by atoms with Crippen LogP contribution in [0.1, 0.15) is 74.9 Å². The maximum absolute atomic E-state index is 12.5. The number of hydrogen-bond acceptors (Lipinski definition) is 13. The zero-order chi connectivity index (χ0) is 49.6. The smallest absolute Gasteiger partial charge is 0.321 e. The molecular weight excluding hydrogens is 932 g/mol. The Balaban J connectivity index is 1.10. The number of rotatable bonds is 23. The van der Waals surface area contributed by atoms with Gasteiger partial charge in [-0.25, -0.2) is 0 Å². The van der Waals surface area contributed by atoms with E-state index in [-0.39, 0.29) is 58.6 Å². The van der Waals surface area contributed by atoms with Gasteiger partial charge >= 0.3 is 5.97 Å². The lowest BCUT2D eigenvalue weighted by atomic mass is 9.92. The summed E-state index contributed by atoms with van der Waals surface area (Å²) >= 11 is 13.7. The lowest BCUT2D eigenvalue weighted by molar-refractivity contribution is -0.145. The Morgan fingerprint density at radius 2 is 1.43 bits per heavy atom. The van der Waals surface area contributed by atoms with Crippen LogP contribution in [0.2, 0.25) is 10.0 Å². The van der Waals surface area contributed by atoms with Crippen LogP contribution in [0, 0.1) is 25.2 Å². The molecule has 0 aliphatic carbocycles. The lowest BCUT2D eigenvalue weighted by Gasteiger charge is -2.31. The van der Waals surface area contributed by atoms with E-state index in [1.807, 2.05) is 30.3 Å². The zero-order valence-electron chi connectivity index (χ0n) is 39.4. The van der Waals surface area contributed by atoms with Gasteiger partial charge < -0.3 is 39.6 Å². The average Bonchev–Trinajstić information content (AvgIpc) is 3.88. The number of aliphatic carboxylic acids is 1. The minimum absolute atomic E-state index is 0.0248. The van der Waals surface area contributed by atoms with Gasteiger partial charge in [-0.05, 0) is 90.8 Å². The van der Waals surface area contributed by atoms with E-state index >= 15 is 0 Å². The standard InChI is InChI=1S/C54H56Cl2N6O8/c1-34-40(32-69-52-19-50(42(22-58)17-47(52)55)67-31-39-16-37(23-59-3)25-61-27-39)7-4-10-45(34)46-11-5-8-41(35(46)2)33-70-53-20-51(68-30-38-15-36(21-57)24-60-26-38)43(18-48(53)56)28-62(29-44-9-6-14-66-44)49(12-13-63)54(64)65/h4-5,7-8,10-11,15-20,23-27,44,49,63H,6,9,12-14,22,28-33,58H2,1-3H3,(H,64,65)/b59-23+. The van der Waals surface area contributed by atoms with Gasteiger partial charge in [0.2, 0.25) is 0 Å². The molecule has 7 rings (SSSR count). The van der Waals surface area contributed by atoms with E-state index in [2.05, 4.69) is 47.0 Å². The van der Waals surface area contributed by atoms with Crippen LogP contribution in [0.3, 0.4) is 0 Å². The monoisotopic (exact) mass is 986 g/mol. The first-order chi connectivity index (χ1) is 34.0. The number of benzene rings is 4. The highest BCUT2D eigenvalue weighted by atomic mass is 35.5. The number of nitriles is 1. The molecule has 4 aromatic carbocycles. The normalized spacial score (nSPS) is 13.9. The summed E-state index contributed by atoms with van der Waals surface area (Å²) in [5.41, 5.74) is 16.2. The van der Waals surface area contributed by atoms with Gasteiger partial charge in [0.15, 0.2) is 0 Å². The number of aliphatic hydroxyl groups is 1. The van der Waals surface area contributed by atoms with Gasteiger partial charge in [-0.15, -0.1) is 0 Å². The first-order valence-electron chi connectivity index (χ1n) is 22.9. The molecule has 2 atom stereocenters. The number of hydrogen-bond donors (Lipinski definition) is 3. The molecule has 1 aliphatic heterocycles. The van der Waals surface area contributed by atoms with Gasteiger partial charge in [-0.1, -0.05) is 59.6 Å². The lowest BCUT2D eigenvalue weighted by Crippen LogP contribution is -2.45. The van der Waals surface area contributed by atoms with Crippen molar-refractivity contribution in [2.45, 2.75) is 84.8 Å². The Hall–Kier alpha value is -6.57. The molecule has 1 fully saturated rings. The predicted octanol–water partition coefficient (Wildman–Crippen LogP) is 9.58. The second-order valence-corrected chi connectivity index (χ2v) is 17.8. The molecule has 1 aliphatic rings. The van der Waals surface area contributed by atoms with Crippen molar-refractivity contribution in [3.63, 3.8) is 0 Å². The summed E-state index contributed by atoms with van der Waals surface area (Å²) in [5, 5.41) is 30.3. The molecule has 0 bridgehead atoms. The van der Waals surface area contributed by atoms with E-state index in [4.69, 9.17) is 52.6 Å². The van der Waals surface area contributed by atoms with Crippen LogP contribution >= 0.6 is 23.2 Å². The number of nitrogens with zero attached hydrogens (tertiary/aromatic N) is 5. The third kappa shape index (κ3) is 13.2. The second kappa shape index (κ2) is 24.8. The molecule has 0 saturated carbocycles. The summed E-state index contributed by atoms with van der Waals surface area (Å²) in [6.45, 7) is 5.88. The SMILES string of the molecule is C/N=C/c1cncc(COc2cc(OCc3cccc(-c4cccc(COc5cc(OCc6cncc(C#N)c6)c(CN(CC6CCCO6)C(CCO)C(=O)O)cc5Cl)c4C)c3C)c(Cl)cc2CN)c1. The fourth-order valence-electron chi connectivity index (χ4n) is 8.41. The van der Waals surface area contributed by atoms with E-state index < -0.39 is 12.0 Å². The fraction of sp³-hybridized carbons (Fsp3) is 0.315. The number of nitrogens with two attached hydrogens (primary N) is 1. The number of aromatic nitrogens is 2. The summed E-state index contributed by atoms with van der Waals surface area (Å²) in [4.78, 5) is 26.9. The first-order valence-corrected chi connectivity index (χ1v) is 23.7. The summed E-state index contributed by atoms with van der Waals surface area (Å²) in [6, 6.07) is 23.9. The van der Waals surface area contributed by atoms with Crippen LogP contribution in [0.15, 0.2) is 103 Å². The fourth-order valence-corrected chi connectivity index (χ4v) is 8.89. The molecule has 1 saturated heterocycles. The van der Waals surface area contributed by atoms with Gasteiger partial charge in [0.05, 0.1) is 21.7 Å². The number of aliphatic imine (C=N–C) groups is 1. The molecule has 70 heavy (non-hydrogen) atoms. The van der Waals surface area contributed by atoms with Gasteiger partial charge in [0.25, 0.3) is 0 Å². The Morgan fingerprint density at radius 3 is 1.99 bits per heavy atom. The van der Waals surface area contributed by atoms with Crippen molar-refractivity contribution in [1.29, 1.82) is 5.26 Å². The molecule has 0 amide bonds. The van der Waals surface area contributed by atoms with Crippen molar-refractivity contribution < 1.29 is 38.7 Å². The topological polar surface area (TPSA) is 195 Å². The summed E-state index contributed by atoms with van der Waals surface area (Å²) in [5.74, 6) is 0.750. The van der Waals surface area contributed by atoms with Crippen molar-refractivity contribution in [2.75, 3.05) is 26.8 Å². The number of pyridine rings is 2. The highest BCUT2D eigenvalue weighted by Gasteiger charge is 2.30. The number of aliphatic hydroxyl groups excluding tert-OH is 1. The third-order valence-corrected chi connectivity index (χ3v) is 12.8. The van der Waals surface area contributed by atoms with Crippen molar-refractivity contribution in [1.82, 2.24) is 14.9 Å². The van der Waals surface area contributed by atoms with Crippen molar-refractivity contribution in [3.8, 4) is 40.2 Å². The molecule has 6 aromatic rings. The Bertz CT molecular complexity index is 2850. The predicted molar refractivity (Wildman–Crippen MR) is 269 cm³/mol. The van der Waals surface area contributed by atoms with Crippen LogP contribution < -0.4 is 24.7 Å². The Labute approximate surface area is 418 Å². The molecule has 3 heterocycles. The van der Waals surface area contributed by atoms with Crippen molar-refractivity contribution >= 4 is 35.4 Å². The summed E-state index contributed by atoms with van der Waals surface area (Å²) < 4.78 is 31.3. The number of ether oxygens (including phenoxy) is 5. The molecule has 2 aromatic heterocycles. The van der Waals surface area contributed by atoms with Crippen LogP contribution in [0.4, 0.5) is 0 Å². The molecule has 2 unspecified atom stereocenters. The van der Waals surface area contributed by atoms with E-state index in [9.17, 15) is 20.3 Å². The van der Waals surface area contributed by atoms with Gasteiger partial charge in [0.1, 0.15) is 61.5 Å². The molecule has 0 spiro atoms. The molecule has 0 radical (unpaired) electrons. The molecular formula is C54H56Cl2N6O8.